The molecule has 1 aromatic heterocycles. The highest BCUT2D eigenvalue weighted by Crippen LogP contribution is 2.29. The average molecular weight is 282 g/mol. The Bertz CT molecular complexity index is 841. The van der Waals surface area contributed by atoms with Crippen LogP contribution in [-0.4, -0.2) is 15.1 Å². The molecule has 0 saturated heterocycles. The van der Waals surface area contributed by atoms with Crippen LogP contribution in [0.15, 0.2) is 47.3 Å². The summed E-state index contributed by atoms with van der Waals surface area (Å²) in [6.07, 6.45) is 0. The van der Waals surface area contributed by atoms with Crippen molar-refractivity contribution in [2.24, 2.45) is 0 Å². The zero-order chi connectivity index (χ0) is 14.8. The predicted molar refractivity (Wildman–Crippen MR) is 79.5 cm³/mol. The maximum Gasteiger partial charge on any atom is 0.269 e. The monoisotopic (exact) mass is 282 g/mol. The fraction of sp³-hybridized carbons (Fsp3) is 0.125. The van der Waals surface area contributed by atoms with Crippen LogP contribution in [0.4, 0.5) is 0 Å². The van der Waals surface area contributed by atoms with Crippen molar-refractivity contribution < 1.29 is 9.84 Å². The minimum Gasteiger partial charge on any atom is -0.455 e. The van der Waals surface area contributed by atoms with E-state index in [4.69, 9.17) is 4.74 Å². The van der Waals surface area contributed by atoms with Crippen LogP contribution in [0.25, 0.3) is 11.0 Å². The molecule has 5 nitrogen and oxygen atoms in total. The van der Waals surface area contributed by atoms with Crippen LogP contribution < -0.4 is 10.3 Å². The third-order valence-corrected chi connectivity index (χ3v) is 3.14. The minimum atomic E-state index is -0.247. The van der Waals surface area contributed by atoms with Gasteiger partial charge in [-0.25, -0.2) is 4.98 Å². The maximum atomic E-state index is 11.7. The maximum absolute atomic E-state index is 11.7. The summed E-state index contributed by atoms with van der Waals surface area (Å²) in [6, 6.07) is 12.7. The Morgan fingerprint density at radius 2 is 2.00 bits per heavy atom. The first-order valence-corrected chi connectivity index (χ1v) is 6.54. The van der Waals surface area contributed by atoms with Crippen molar-refractivity contribution in [1.82, 2.24) is 9.97 Å². The quantitative estimate of drug-likeness (QED) is 0.774. The molecule has 2 N–H and O–H groups in total. The molecule has 0 radical (unpaired) electrons. The first-order chi connectivity index (χ1) is 10.2. The molecule has 0 aliphatic rings. The van der Waals surface area contributed by atoms with Gasteiger partial charge in [0.05, 0.1) is 12.1 Å². The first-order valence-electron chi connectivity index (χ1n) is 6.54. The number of ether oxygens (including phenoxy) is 1. The lowest BCUT2D eigenvalue weighted by molar-refractivity contribution is 0.281. The van der Waals surface area contributed by atoms with Crippen LogP contribution in [0.3, 0.4) is 0 Å². The van der Waals surface area contributed by atoms with E-state index in [9.17, 15) is 9.90 Å². The molecule has 0 aliphatic heterocycles. The summed E-state index contributed by atoms with van der Waals surface area (Å²) >= 11 is 0. The number of fused-ring (bicyclic) bond motifs is 1. The standard InChI is InChI=1S/C16H14N2O3/c1-10-16(20)18-13-7-11(9-19)8-14(15(13)17-10)21-12-5-3-2-4-6-12/h2-8,19H,9H2,1H3,(H,18,20). The highest BCUT2D eigenvalue weighted by molar-refractivity contribution is 5.82. The lowest BCUT2D eigenvalue weighted by Gasteiger charge is -2.10. The number of aromatic nitrogens is 2. The molecule has 3 rings (SSSR count). The fourth-order valence-electron chi connectivity index (χ4n) is 2.09. The van der Waals surface area contributed by atoms with Crippen LogP contribution in [0.1, 0.15) is 11.3 Å². The highest BCUT2D eigenvalue weighted by Gasteiger charge is 2.10. The van der Waals surface area contributed by atoms with Gasteiger partial charge in [-0.15, -0.1) is 0 Å². The number of aryl methyl sites for hydroxylation is 1. The summed E-state index contributed by atoms with van der Waals surface area (Å²) in [7, 11) is 0. The van der Waals surface area contributed by atoms with Crippen molar-refractivity contribution in [1.29, 1.82) is 0 Å². The largest absolute Gasteiger partial charge is 0.455 e. The van der Waals surface area contributed by atoms with Crippen molar-refractivity contribution in [2.75, 3.05) is 0 Å². The van der Waals surface area contributed by atoms with E-state index in [2.05, 4.69) is 9.97 Å². The smallest absolute Gasteiger partial charge is 0.269 e. The van der Waals surface area contributed by atoms with E-state index in [1.807, 2.05) is 30.3 Å². The predicted octanol–water partition coefficient (Wildman–Crippen LogP) is 2.52. The molecule has 0 unspecified atom stereocenters. The molecular weight excluding hydrogens is 268 g/mol. The molecule has 21 heavy (non-hydrogen) atoms. The topological polar surface area (TPSA) is 75.2 Å². The Kier molecular flexibility index (Phi) is 3.41. The Balaban J connectivity index is 2.19. The Hall–Kier alpha value is -2.66. The third-order valence-electron chi connectivity index (χ3n) is 3.14. The molecule has 1 heterocycles. The van der Waals surface area contributed by atoms with Crippen molar-refractivity contribution in [3.8, 4) is 11.5 Å². The van der Waals surface area contributed by atoms with Crippen LogP contribution in [0.5, 0.6) is 11.5 Å². The fourth-order valence-corrected chi connectivity index (χ4v) is 2.09. The van der Waals surface area contributed by atoms with Crippen molar-refractivity contribution in [2.45, 2.75) is 13.5 Å². The number of nitrogens with zero attached hydrogens (tertiary/aromatic N) is 1. The summed E-state index contributed by atoms with van der Waals surface area (Å²) in [4.78, 5) is 18.7. The van der Waals surface area contributed by atoms with Gasteiger partial charge >= 0.3 is 0 Å². The number of hydrogen-bond acceptors (Lipinski definition) is 4. The van der Waals surface area contributed by atoms with Crippen LogP contribution >= 0.6 is 0 Å². The number of hydrogen-bond donors (Lipinski definition) is 2. The Morgan fingerprint density at radius 3 is 2.71 bits per heavy atom. The minimum absolute atomic E-state index is 0.142. The van der Waals surface area contributed by atoms with Gasteiger partial charge in [-0.2, -0.15) is 0 Å². The molecule has 0 aliphatic carbocycles. The number of aromatic amines is 1. The molecule has 0 fully saturated rings. The van der Waals surface area contributed by atoms with E-state index in [0.29, 0.717) is 33.8 Å². The van der Waals surface area contributed by atoms with Gasteiger partial charge < -0.3 is 14.8 Å². The van der Waals surface area contributed by atoms with Gasteiger partial charge in [0, 0.05) is 0 Å². The van der Waals surface area contributed by atoms with E-state index < -0.39 is 0 Å². The normalized spacial score (nSPS) is 10.8. The number of H-pyrrole nitrogens is 1. The zero-order valence-corrected chi connectivity index (χ0v) is 11.5. The molecule has 0 saturated carbocycles. The van der Waals surface area contributed by atoms with E-state index in [1.165, 1.54) is 0 Å². The molecule has 106 valence electrons. The van der Waals surface area contributed by atoms with Crippen molar-refractivity contribution in [3.63, 3.8) is 0 Å². The Labute approximate surface area is 120 Å². The van der Waals surface area contributed by atoms with Crippen LogP contribution in [0, 0.1) is 6.92 Å². The van der Waals surface area contributed by atoms with Gasteiger partial charge in [-0.3, -0.25) is 4.79 Å². The molecule has 2 aromatic carbocycles. The zero-order valence-electron chi connectivity index (χ0n) is 11.5. The molecular formula is C16H14N2O3. The molecule has 5 heteroatoms. The summed E-state index contributed by atoms with van der Waals surface area (Å²) in [5, 5.41) is 9.34. The van der Waals surface area contributed by atoms with Gasteiger partial charge in [-0.05, 0) is 36.8 Å². The number of aliphatic hydroxyl groups is 1. The number of aliphatic hydroxyl groups excluding tert-OH is 1. The number of benzene rings is 2. The van der Waals surface area contributed by atoms with Gasteiger partial charge in [0.25, 0.3) is 5.56 Å². The summed E-state index contributed by atoms with van der Waals surface area (Å²) in [6.45, 7) is 1.50. The lowest BCUT2D eigenvalue weighted by atomic mass is 10.2. The molecule has 0 atom stereocenters. The van der Waals surface area contributed by atoms with Gasteiger partial charge in [-0.1, -0.05) is 18.2 Å². The Morgan fingerprint density at radius 1 is 1.24 bits per heavy atom. The van der Waals surface area contributed by atoms with E-state index in [1.54, 1.807) is 19.1 Å². The molecule has 0 amide bonds. The second-order valence-electron chi connectivity index (χ2n) is 4.71. The molecule has 0 spiro atoms. The molecule has 3 aromatic rings. The van der Waals surface area contributed by atoms with Gasteiger partial charge in [0.15, 0.2) is 5.75 Å². The number of para-hydroxylation sites is 1. The summed E-state index contributed by atoms with van der Waals surface area (Å²) in [5.41, 5.74) is 1.88. The van der Waals surface area contributed by atoms with E-state index >= 15 is 0 Å². The van der Waals surface area contributed by atoms with Crippen LogP contribution in [0.2, 0.25) is 0 Å². The number of rotatable bonds is 3. The average Bonchev–Trinajstić information content (AvgIpc) is 2.50. The van der Waals surface area contributed by atoms with E-state index in [-0.39, 0.29) is 12.2 Å². The SMILES string of the molecule is Cc1nc2c(Oc3ccccc3)cc(CO)cc2[nH]c1=O. The van der Waals surface area contributed by atoms with E-state index in [0.717, 1.165) is 0 Å². The summed E-state index contributed by atoms with van der Waals surface area (Å²) in [5.74, 6) is 1.17. The van der Waals surface area contributed by atoms with Gasteiger partial charge in [0.2, 0.25) is 0 Å². The van der Waals surface area contributed by atoms with Crippen molar-refractivity contribution >= 4 is 11.0 Å². The number of nitrogens with one attached hydrogen (secondary N) is 1. The van der Waals surface area contributed by atoms with Gasteiger partial charge in [0.1, 0.15) is 17.0 Å². The second kappa shape index (κ2) is 5.38. The highest BCUT2D eigenvalue weighted by atomic mass is 16.5. The first kappa shape index (κ1) is 13.3. The van der Waals surface area contributed by atoms with Crippen molar-refractivity contribution in [3.05, 3.63) is 64.1 Å². The third kappa shape index (κ3) is 2.64. The van der Waals surface area contributed by atoms with Crippen LogP contribution in [-0.2, 0) is 6.61 Å². The summed E-state index contributed by atoms with van der Waals surface area (Å²) < 4.78 is 5.83. The molecule has 0 bridgehead atoms. The second-order valence-corrected chi connectivity index (χ2v) is 4.71. The lowest BCUT2D eigenvalue weighted by Crippen LogP contribution is -2.12.